The first-order valence-corrected chi connectivity index (χ1v) is 6.98. The zero-order valence-corrected chi connectivity index (χ0v) is 10.7. The van der Waals surface area contributed by atoms with E-state index in [1.807, 2.05) is 0 Å². The molecule has 0 saturated carbocycles. The lowest BCUT2D eigenvalue weighted by Gasteiger charge is -2.10. The summed E-state index contributed by atoms with van der Waals surface area (Å²) in [7, 11) is -4.09. The van der Waals surface area contributed by atoms with Crippen molar-refractivity contribution in [3.05, 3.63) is 29.8 Å². The predicted octanol–water partition coefficient (Wildman–Crippen LogP) is 1.40. The third-order valence-corrected chi connectivity index (χ3v) is 3.90. The van der Waals surface area contributed by atoms with E-state index in [4.69, 9.17) is 0 Å². The van der Waals surface area contributed by atoms with Gasteiger partial charge in [0, 0.05) is 6.54 Å². The molecular weight excluding hydrogens is 264 g/mol. The Hall–Kier alpha value is -1.05. The molecule has 1 atom stereocenters. The van der Waals surface area contributed by atoms with Crippen molar-refractivity contribution in [3.63, 3.8) is 0 Å². The maximum absolute atomic E-state index is 13.3. The fourth-order valence-electron chi connectivity index (χ4n) is 1.32. The van der Waals surface area contributed by atoms with E-state index in [2.05, 4.69) is 4.72 Å². The highest BCUT2D eigenvalue weighted by Crippen LogP contribution is 2.15. The van der Waals surface area contributed by atoms with E-state index in [1.165, 1.54) is 0 Å². The number of hydrogen-bond acceptors (Lipinski definition) is 3. The van der Waals surface area contributed by atoms with Gasteiger partial charge in [0.15, 0.2) is 0 Å². The van der Waals surface area contributed by atoms with Crippen LogP contribution in [0, 0.1) is 11.6 Å². The number of aliphatic hydroxyl groups is 1. The Kier molecular flexibility index (Phi) is 5.18. The molecule has 0 saturated heterocycles. The first-order valence-electron chi connectivity index (χ1n) is 5.49. The second kappa shape index (κ2) is 6.21. The molecule has 0 bridgehead atoms. The molecule has 0 spiro atoms. The Labute approximate surface area is 105 Å². The summed E-state index contributed by atoms with van der Waals surface area (Å²) in [6.07, 6.45) is 0.0907. The van der Waals surface area contributed by atoms with Gasteiger partial charge in [-0.25, -0.2) is 21.9 Å². The lowest BCUT2D eigenvalue weighted by molar-refractivity contribution is 0.162. The van der Waals surface area contributed by atoms with Crippen molar-refractivity contribution in [1.82, 2.24) is 4.72 Å². The summed E-state index contributed by atoms with van der Waals surface area (Å²) < 4.78 is 51.6. The molecule has 18 heavy (non-hydrogen) atoms. The molecule has 7 heteroatoms. The highest BCUT2D eigenvalue weighted by atomic mass is 32.2. The van der Waals surface area contributed by atoms with Crippen molar-refractivity contribution < 1.29 is 22.3 Å². The van der Waals surface area contributed by atoms with E-state index < -0.39 is 32.7 Å². The zero-order chi connectivity index (χ0) is 13.8. The number of halogens is 2. The summed E-state index contributed by atoms with van der Waals surface area (Å²) in [6.45, 7) is 1.72. The summed E-state index contributed by atoms with van der Waals surface area (Å²) in [6, 6.07) is 2.22. The van der Waals surface area contributed by atoms with Gasteiger partial charge in [-0.1, -0.05) is 6.92 Å². The lowest BCUT2D eigenvalue weighted by Crippen LogP contribution is -2.28. The second-order valence-corrected chi connectivity index (χ2v) is 5.56. The lowest BCUT2D eigenvalue weighted by atomic mass is 10.2. The van der Waals surface area contributed by atoms with Crippen molar-refractivity contribution in [1.29, 1.82) is 0 Å². The van der Waals surface area contributed by atoms with Crippen molar-refractivity contribution in [2.75, 3.05) is 6.54 Å². The van der Waals surface area contributed by atoms with Crippen LogP contribution >= 0.6 is 0 Å². The predicted molar refractivity (Wildman–Crippen MR) is 62.5 cm³/mol. The van der Waals surface area contributed by atoms with Gasteiger partial charge in [-0.2, -0.15) is 0 Å². The Morgan fingerprint density at radius 3 is 2.67 bits per heavy atom. The molecule has 4 nitrogen and oxygen atoms in total. The van der Waals surface area contributed by atoms with Crippen LogP contribution in [0.5, 0.6) is 0 Å². The number of hydrogen-bond donors (Lipinski definition) is 2. The smallest absolute Gasteiger partial charge is 0.243 e. The van der Waals surface area contributed by atoms with Crippen LogP contribution < -0.4 is 4.72 Å². The molecule has 0 radical (unpaired) electrons. The van der Waals surface area contributed by atoms with Gasteiger partial charge in [0.25, 0.3) is 0 Å². The number of aliphatic hydroxyl groups excluding tert-OH is 1. The topological polar surface area (TPSA) is 66.4 Å². The molecule has 0 aliphatic carbocycles. The summed E-state index contributed by atoms with van der Waals surface area (Å²) in [5, 5.41) is 9.26. The van der Waals surface area contributed by atoms with Crippen molar-refractivity contribution in [2.45, 2.75) is 30.8 Å². The third kappa shape index (κ3) is 4.01. The summed E-state index contributed by atoms with van der Waals surface area (Å²) in [5.41, 5.74) is 0. The van der Waals surface area contributed by atoms with Crippen molar-refractivity contribution in [2.24, 2.45) is 0 Å². The maximum Gasteiger partial charge on any atom is 0.243 e. The quantitative estimate of drug-likeness (QED) is 0.827. The summed E-state index contributed by atoms with van der Waals surface area (Å²) >= 11 is 0. The summed E-state index contributed by atoms with van der Waals surface area (Å²) in [5.74, 6) is -1.84. The molecule has 0 fully saturated rings. The molecule has 1 aromatic carbocycles. The minimum atomic E-state index is -4.09. The third-order valence-electron chi connectivity index (χ3n) is 2.42. The van der Waals surface area contributed by atoms with Crippen LogP contribution in [-0.2, 0) is 10.0 Å². The molecule has 0 heterocycles. The molecule has 0 aliphatic heterocycles. The normalized spacial score (nSPS) is 13.6. The van der Waals surface area contributed by atoms with Gasteiger partial charge >= 0.3 is 0 Å². The largest absolute Gasteiger partial charge is 0.393 e. The second-order valence-electron chi connectivity index (χ2n) is 3.82. The van der Waals surface area contributed by atoms with Crippen LogP contribution in [0.3, 0.4) is 0 Å². The van der Waals surface area contributed by atoms with Crippen LogP contribution in [0.25, 0.3) is 0 Å². The molecule has 0 aromatic heterocycles. The van der Waals surface area contributed by atoms with Gasteiger partial charge in [0.1, 0.15) is 16.5 Å². The standard InChI is InChI=1S/C11H15F2NO3S/c1-2-9(15)5-6-14-18(16,17)11-7-8(12)3-4-10(11)13/h3-4,7,9,14-15H,2,5-6H2,1H3. The van der Waals surface area contributed by atoms with Gasteiger partial charge in [-0.05, 0) is 31.0 Å². The number of nitrogens with one attached hydrogen (secondary N) is 1. The molecule has 1 rings (SSSR count). The first-order chi connectivity index (χ1) is 8.36. The van der Waals surface area contributed by atoms with E-state index in [1.54, 1.807) is 6.92 Å². The molecule has 0 aliphatic rings. The van der Waals surface area contributed by atoms with E-state index in [-0.39, 0.29) is 13.0 Å². The van der Waals surface area contributed by atoms with Crippen LogP contribution in [0.15, 0.2) is 23.1 Å². The molecule has 102 valence electrons. The number of rotatable bonds is 6. The highest BCUT2D eigenvalue weighted by molar-refractivity contribution is 7.89. The SMILES string of the molecule is CCC(O)CCNS(=O)(=O)c1cc(F)ccc1F. The van der Waals surface area contributed by atoms with Crippen LogP contribution in [-0.4, -0.2) is 26.2 Å². The van der Waals surface area contributed by atoms with Gasteiger partial charge < -0.3 is 5.11 Å². The molecule has 1 aromatic rings. The monoisotopic (exact) mass is 279 g/mol. The van der Waals surface area contributed by atoms with E-state index in [9.17, 15) is 22.3 Å². The Bertz CT molecular complexity index is 505. The van der Waals surface area contributed by atoms with Gasteiger partial charge in [-0.3, -0.25) is 0 Å². The minimum absolute atomic E-state index is 0.0344. The molecule has 2 N–H and O–H groups in total. The summed E-state index contributed by atoms with van der Waals surface area (Å²) in [4.78, 5) is -0.728. The van der Waals surface area contributed by atoms with Crippen molar-refractivity contribution in [3.8, 4) is 0 Å². The minimum Gasteiger partial charge on any atom is -0.393 e. The highest BCUT2D eigenvalue weighted by Gasteiger charge is 2.19. The van der Waals surface area contributed by atoms with Crippen molar-refractivity contribution >= 4 is 10.0 Å². The van der Waals surface area contributed by atoms with Gasteiger partial charge in [-0.15, -0.1) is 0 Å². The number of benzene rings is 1. The molecule has 1 unspecified atom stereocenters. The first kappa shape index (κ1) is 15.0. The zero-order valence-electron chi connectivity index (χ0n) is 9.86. The van der Waals surface area contributed by atoms with Gasteiger partial charge in [0.05, 0.1) is 6.10 Å². The maximum atomic E-state index is 13.3. The molecule has 0 amide bonds. The molecular formula is C11H15F2NO3S. The van der Waals surface area contributed by atoms with Crippen LogP contribution in [0.4, 0.5) is 8.78 Å². The van der Waals surface area contributed by atoms with Crippen LogP contribution in [0.1, 0.15) is 19.8 Å². The Morgan fingerprint density at radius 1 is 1.39 bits per heavy atom. The van der Waals surface area contributed by atoms with E-state index in [0.29, 0.717) is 12.5 Å². The van der Waals surface area contributed by atoms with E-state index >= 15 is 0 Å². The average molecular weight is 279 g/mol. The fraction of sp³-hybridized carbons (Fsp3) is 0.455. The number of sulfonamides is 1. The average Bonchev–Trinajstić information content (AvgIpc) is 2.31. The Balaban J connectivity index is 2.77. The fourth-order valence-corrected chi connectivity index (χ4v) is 2.46. The van der Waals surface area contributed by atoms with Crippen LogP contribution in [0.2, 0.25) is 0 Å². The van der Waals surface area contributed by atoms with Gasteiger partial charge in [0.2, 0.25) is 10.0 Å². The van der Waals surface area contributed by atoms with E-state index in [0.717, 1.165) is 12.1 Å². The Morgan fingerprint density at radius 2 is 2.06 bits per heavy atom.